The molecule has 1 amide bonds. The van der Waals surface area contributed by atoms with Gasteiger partial charge in [0.25, 0.3) is 5.91 Å². The molecule has 4 nitrogen and oxygen atoms in total. The van der Waals surface area contributed by atoms with Gasteiger partial charge in [-0.3, -0.25) is 9.69 Å². The Balaban J connectivity index is 1.42. The van der Waals surface area contributed by atoms with Crippen molar-refractivity contribution in [1.29, 1.82) is 0 Å². The molecular weight excluding hydrogens is 324 g/mol. The first-order chi connectivity index (χ1) is 12.8. The summed E-state index contributed by atoms with van der Waals surface area (Å²) in [4.78, 5) is 17.9. The number of carbonyl (C=O) groups excluding carboxylic acids is 1. The van der Waals surface area contributed by atoms with E-state index in [2.05, 4.69) is 28.0 Å². The minimum absolute atomic E-state index is 0.255. The SMILES string of the molecule is O=C(c1ccc2c(c1)CCCC2)N1CCCC[C@H]1CCN1CCOCC1. The van der Waals surface area contributed by atoms with Gasteiger partial charge in [0, 0.05) is 37.8 Å². The molecule has 3 aliphatic rings. The van der Waals surface area contributed by atoms with Crippen LogP contribution < -0.4 is 0 Å². The first-order valence-electron chi connectivity index (χ1n) is 10.5. The number of benzene rings is 1. The number of fused-ring (bicyclic) bond motifs is 1. The van der Waals surface area contributed by atoms with Crippen molar-refractivity contribution in [1.82, 2.24) is 9.80 Å². The molecule has 0 aromatic heterocycles. The van der Waals surface area contributed by atoms with Crippen molar-refractivity contribution in [2.45, 2.75) is 57.4 Å². The zero-order valence-electron chi connectivity index (χ0n) is 15.9. The smallest absolute Gasteiger partial charge is 0.254 e. The Morgan fingerprint density at radius 2 is 1.81 bits per heavy atom. The fourth-order valence-corrected chi connectivity index (χ4v) is 4.76. The van der Waals surface area contributed by atoms with E-state index in [4.69, 9.17) is 4.74 Å². The molecule has 0 radical (unpaired) electrons. The average Bonchev–Trinajstić information content (AvgIpc) is 2.72. The average molecular weight is 357 g/mol. The van der Waals surface area contributed by atoms with Crippen LogP contribution in [0.1, 0.15) is 60.0 Å². The highest BCUT2D eigenvalue weighted by molar-refractivity contribution is 5.94. The Kier molecular flexibility index (Phi) is 5.91. The number of nitrogens with zero attached hydrogens (tertiary/aromatic N) is 2. The van der Waals surface area contributed by atoms with Gasteiger partial charge in [-0.1, -0.05) is 6.07 Å². The Bertz CT molecular complexity index is 625. The summed E-state index contributed by atoms with van der Waals surface area (Å²) in [6.07, 6.45) is 9.50. The van der Waals surface area contributed by atoms with Gasteiger partial charge in [-0.05, 0) is 74.6 Å². The normalized spacial score (nSPS) is 24.3. The third kappa shape index (κ3) is 4.12. The molecule has 2 heterocycles. The lowest BCUT2D eigenvalue weighted by Gasteiger charge is -2.37. The minimum atomic E-state index is 0.255. The number of likely N-dealkylation sites (tertiary alicyclic amines) is 1. The highest BCUT2D eigenvalue weighted by Gasteiger charge is 2.28. The van der Waals surface area contributed by atoms with Gasteiger partial charge in [0.1, 0.15) is 0 Å². The number of piperidine rings is 1. The molecule has 0 spiro atoms. The van der Waals surface area contributed by atoms with Crippen molar-refractivity contribution in [2.75, 3.05) is 39.4 Å². The van der Waals surface area contributed by atoms with Gasteiger partial charge in [0.15, 0.2) is 0 Å². The van der Waals surface area contributed by atoms with Crippen LogP contribution in [0, 0.1) is 0 Å². The molecule has 4 heteroatoms. The maximum atomic E-state index is 13.2. The summed E-state index contributed by atoms with van der Waals surface area (Å²) < 4.78 is 5.45. The quantitative estimate of drug-likeness (QED) is 0.830. The van der Waals surface area contributed by atoms with Crippen molar-refractivity contribution < 1.29 is 9.53 Å². The van der Waals surface area contributed by atoms with Crippen molar-refractivity contribution in [3.05, 3.63) is 34.9 Å². The van der Waals surface area contributed by atoms with E-state index in [0.717, 1.165) is 70.6 Å². The highest BCUT2D eigenvalue weighted by Crippen LogP contribution is 2.26. The monoisotopic (exact) mass is 356 g/mol. The zero-order valence-corrected chi connectivity index (χ0v) is 15.9. The van der Waals surface area contributed by atoms with E-state index < -0.39 is 0 Å². The maximum absolute atomic E-state index is 13.2. The molecule has 1 aromatic rings. The summed E-state index contributed by atoms with van der Waals surface area (Å²) in [6, 6.07) is 6.86. The second-order valence-electron chi connectivity index (χ2n) is 8.08. The molecule has 0 bridgehead atoms. The van der Waals surface area contributed by atoms with E-state index in [9.17, 15) is 4.79 Å². The van der Waals surface area contributed by atoms with Crippen LogP contribution in [0.3, 0.4) is 0 Å². The van der Waals surface area contributed by atoms with Crippen LogP contribution in [0.25, 0.3) is 0 Å². The van der Waals surface area contributed by atoms with E-state index in [1.165, 1.54) is 36.8 Å². The van der Waals surface area contributed by atoms with Crippen molar-refractivity contribution in [2.24, 2.45) is 0 Å². The predicted molar refractivity (Wildman–Crippen MR) is 104 cm³/mol. The second kappa shape index (κ2) is 8.53. The molecule has 0 N–H and O–H groups in total. The summed E-state index contributed by atoms with van der Waals surface area (Å²) in [5.41, 5.74) is 3.77. The standard InChI is InChI=1S/C22H32N2O2/c25-22(20-9-8-18-5-1-2-6-19(18)17-20)24-11-4-3-7-21(24)10-12-23-13-15-26-16-14-23/h8-9,17,21H,1-7,10-16H2/t21-/m0/s1. The summed E-state index contributed by atoms with van der Waals surface area (Å²) in [7, 11) is 0. The maximum Gasteiger partial charge on any atom is 0.254 e. The Morgan fingerprint density at radius 3 is 2.65 bits per heavy atom. The van der Waals surface area contributed by atoms with E-state index in [-0.39, 0.29) is 5.91 Å². The lowest BCUT2D eigenvalue weighted by molar-refractivity contribution is 0.0295. The lowest BCUT2D eigenvalue weighted by atomic mass is 9.90. The summed E-state index contributed by atoms with van der Waals surface area (Å²) in [5.74, 6) is 0.255. The molecule has 26 heavy (non-hydrogen) atoms. The van der Waals surface area contributed by atoms with Gasteiger partial charge in [-0.2, -0.15) is 0 Å². The number of aryl methyl sites for hydroxylation is 2. The van der Waals surface area contributed by atoms with Crippen molar-refractivity contribution in [3.63, 3.8) is 0 Å². The molecule has 0 saturated carbocycles. The van der Waals surface area contributed by atoms with Crippen LogP contribution in [0.2, 0.25) is 0 Å². The minimum Gasteiger partial charge on any atom is -0.379 e. The molecule has 2 fully saturated rings. The number of hydrogen-bond acceptors (Lipinski definition) is 3. The zero-order chi connectivity index (χ0) is 17.8. The van der Waals surface area contributed by atoms with Crippen molar-refractivity contribution >= 4 is 5.91 Å². The van der Waals surface area contributed by atoms with E-state index in [1.54, 1.807) is 0 Å². The van der Waals surface area contributed by atoms with Crippen LogP contribution in [0.4, 0.5) is 0 Å². The van der Waals surface area contributed by atoms with Gasteiger partial charge >= 0.3 is 0 Å². The third-order valence-electron chi connectivity index (χ3n) is 6.37. The van der Waals surface area contributed by atoms with Crippen molar-refractivity contribution in [3.8, 4) is 0 Å². The molecule has 4 rings (SSSR count). The van der Waals surface area contributed by atoms with Gasteiger partial charge in [-0.15, -0.1) is 0 Å². The Hall–Kier alpha value is -1.39. The third-order valence-corrected chi connectivity index (χ3v) is 6.37. The molecule has 142 valence electrons. The van der Waals surface area contributed by atoms with Crippen LogP contribution in [-0.2, 0) is 17.6 Å². The van der Waals surface area contributed by atoms with Gasteiger partial charge < -0.3 is 9.64 Å². The number of morpholine rings is 1. The molecule has 1 aliphatic carbocycles. The molecular formula is C22H32N2O2. The lowest BCUT2D eigenvalue weighted by Crippen LogP contribution is -2.46. The topological polar surface area (TPSA) is 32.8 Å². The van der Waals surface area contributed by atoms with Crippen LogP contribution in [0.5, 0.6) is 0 Å². The number of rotatable bonds is 4. The predicted octanol–water partition coefficient (Wildman–Crippen LogP) is 3.28. The summed E-state index contributed by atoms with van der Waals surface area (Å²) in [5, 5.41) is 0. The Labute approximate surface area is 157 Å². The van der Waals surface area contributed by atoms with Crippen LogP contribution >= 0.6 is 0 Å². The molecule has 2 saturated heterocycles. The largest absolute Gasteiger partial charge is 0.379 e. The van der Waals surface area contributed by atoms with E-state index in [0.29, 0.717) is 6.04 Å². The molecule has 1 aromatic carbocycles. The van der Waals surface area contributed by atoms with Gasteiger partial charge in [-0.25, -0.2) is 0 Å². The van der Waals surface area contributed by atoms with Gasteiger partial charge in [0.2, 0.25) is 0 Å². The molecule has 0 unspecified atom stereocenters. The van der Waals surface area contributed by atoms with Gasteiger partial charge in [0.05, 0.1) is 13.2 Å². The van der Waals surface area contributed by atoms with E-state index in [1.807, 2.05) is 0 Å². The number of amides is 1. The molecule has 1 atom stereocenters. The van der Waals surface area contributed by atoms with E-state index >= 15 is 0 Å². The number of carbonyl (C=O) groups is 1. The van der Waals surface area contributed by atoms with Crippen LogP contribution in [-0.4, -0.2) is 61.1 Å². The first-order valence-corrected chi connectivity index (χ1v) is 10.5. The Morgan fingerprint density at radius 1 is 1.00 bits per heavy atom. The highest BCUT2D eigenvalue weighted by atomic mass is 16.5. The fourth-order valence-electron chi connectivity index (χ4n) is 4.76. The van der Waals surface area contributed by atoms with Crippen LogP contribution in [0.15, 0.2) is 18.2 Å². The second-order valence-corrected chi connectivity index (χ2v) is 8.08. The summed E-state index contributed by atoms with van der Waals surface area (Å²) in [6.45, 7) is 5.77. The fraction of sp³-hybridized carbons (Fsp3) is 0.682. The number of ether oxygens (including phenoxy) is 1. The summed E-state index contributed by atoms with van der Waals surface area (Å²) >= 11 is 0. The molecule has 2 aliphatic heterocycles. The number of hydrogen-bond donors (Lipinski definition) is 0. The first kappa shape index (κ1) is 18.0.